The molecule has 1 aromatic heterocycles. The molecule has 1 aliphatic heterocycles. The van der Waals surface area contributed by atoms with Crippen molar-refractivity contribution in [2.75, 3.05) is 24.6 Å². The van der Waals surface area contributed by atoms with Crippen LogP contribution in [0.2, 0.25) is 0 Å². The number of nitrogens with zero attached hydrogens (tertiary/aromatic N) is 2. The third-order valence-corrected chi connectivity index (χ3v) is 6.29. The van der Waals surface area contributed by atoms with Crippen LogP contribution >= 0.6 is 0 Å². The summed E-state index contributed by atoms with van der Waals surface area (Å²) in [6, 6.07) is 22.3. The highest BCUT2D eigenvalue weighted by molar-refractivity contribution is 5.98. The molecule has 0 atom stereocenters. The van der Waals surface area contributed by atoms with Crippen molar-refractivity contribution in [1.82, 2.24) is 4.57 Å². The quantitative estimate of drug-likeness (QED) is 0.267. The minimum absolute atomic E-state index is 0.413. The number of ether oxygens (including phenoxy) is 2. The van der Waals surface area contributed by atoms with Gasteiger partial charge in [-0.1, -0.05) is 54.6 Å². The lowest BCUT2D eigenvalue weighted by atomic mass is 10.1. The summed E-state index contributed by atoms with van der Waals surface area (Å²) in [6.45, 7) is 2.94. The predicted octanol–water partition coefficient (Wildman–Crippen LogP) is 6.31. The summed E-state index contributed by atoms with van der Waals surface area (Å²) in [5.74, 6) is 1.28. The molecule has 4 aromatic rings. The van der Waals surface area contributed by atoms with Gasteiger partial charge in [-0.3, -0.25) is 0 Å². The van der Waals surface area contributed by atoms with Crippen molar-refractivity contribution in [3.8, 4) is 11.6 Å². The molecule has 1 N–H and O–H groups in total. The summed E-state index contributed by atoms with van der Waals surface area (Å²) >= 11 is 0. The number of para-hydroxylation sites is 1. The lowest BCUT2D eigenvalue weighted by Gasteiger charge is -2.29. The third kappa shape index (κ3) is 4.33. The third-order valence-electron chi connectivity index (χ3n) is 6.29. The molecule has 0 saturated carbocycles. The summed E-state index contributed by atoms with van der Waals surface area (Å²) in [5.41, 5.74) is 1.88. The van der Waals surface area contributed by atoms with Crippen LogP contribution in [0.3, 0.4) is 0 Å². The van der Waals surface area contributed by atoms with E-state index in [0.29, 0.717) is 19.0 Å². The first-order valence-corrected chi connectivity index (χ1v) is 11.6. The zero-order valence-corrected chi connectivity index (χ0v) is 18.6. The fourth-order valence-corrected chi connectivity index (χ4v) is 4.82. The van der Waals surface area contributed by atoms with Crippen LogP contribution in [0.5, 0.6) is 11.6 Å². The van der Waals surface area contributed by atoms with Crippen LogP contribution in [0.15, 0.2) is 66.7 Å². The number of carbonyl (C=O) groups is 1. The molecule has 33 heavy (non-hydrogen) atoms. The fourth-order valence-electron chi connectivity index (χ4n) is 4.82. The standard InChI is InChI=1S/C27H28N2O4/c30-27(31)33-26-25(28-16-6-1-7-17-28)22-13-4-5-14-23(22)29(26)18-9-19-32-24-15-8-11-20-10-2-3-12-21(20)24/h2-5,8,10-15H,1,6-7,9,16-19H2,(H,30,31). The van der Waals surface area contributed by atoms with E-state index in [2.05, 4.69) is 29.2 Å². The average Bonchev–Trinajstić information content (AvgIpc) is 3.14. The van der Waals surface area contributed by atoms with Crippen molar-refractivity contribution in [2.24, 2.45) is 0 Å². The number of benzene rings is 3. The molecule has 0 amide bonds. The van der Waals surface area contributed by atoms with Gasteiger partial charge in [0, 0.05) is 30.4 Å². The van der Waals surface area contributed by atoms with Crippen LogP contribution in [0.4, 0.5) is 10.5 Å². The molecule has 2 heterocycles. The number of hydrogen-bond acceptors (Lipinski definition) is 4. The average molecular weight is 445 g/mol. The molecule has 1 aliphatic rings. The molecular formula is C27H28N2O4. The summed E-state index contributed by atoms with van der Waals surface area (Å²) in [6.07, 6.45) is 2.84. The molecule has 1 saturated heterocycles. The van der Waals surface area contributed by atoms with Gasteiger partial charge in [-0.15, -0.1) is 0 Å². The van der Waals surface area contributed by atoms with E-state index in [1.165, 1.54) is 6.42 Å². The minimum Gasteiger partial charge on any atom is -0.493 e. The topological polar surface area (TPSA) is 63.9 Å². The van der Waals surface area contributed by atoms with E-state index in [9.17, 15) is 9.90 Å². The highest BCUT2D eigenvalue weighted by Gasteiger charge is 2.26. The number of aryl methyl sites for hydroxylation is 1. The number of anilines is 1. The number of rotatable bonds is 7. The van der Waals surface area contributed by atoms with Crippen molar-refractivity contribution >= 4 is 33.5 Å². The summed E-state index contributed by atoms with van der Waals surface area (Å²) in [4.78, 5) is 13.9. The fraction of sp³-hybridized carbons (Fsp3) is 0.296. The van der Waals surface area contributed by atoms with Gasteiger partial charge >= 0.3 is 6.16 Å². The minimum atomic E-state index is -1.29. The molecule has 0 bridgehead atoms. The lowest BCUT2D eigenvalue weighted by molar-refractivity contribution is 0.140. The Hall–Kier alpha value is -3.67. The van der Waals surface area contributed by atoms with Gasteiger partial charge in [0.2, 0.25) is 5.88 Å². The number of fused-ring (bicyclic) bond motifs is 2. The molecule has 0 aliphatic carbocycles. The number of hydrogen-bond donors (Lipinski definition) is 1. The number of carboxylic acid groups (broad SMARTS) is 1. The summed E-state index contributed by atoms with van der Waals surface area (Å²) < 4.78 is 13.5. The Morgan fingerprint density at radius 3 is 2.42 bits per heavy atom. The van der Waals surface area contributed by atoms with Crippen LogP contribution in [-0.2, 0) is 6.54 Å². The Labute approximate surface area is 192 Å². The largest absolute Gasteiger partial charge is 0.512 e. The van der Waals surface area contributed by atoms with Gasteiger partial charge in [0.25, 0.3) is 0 Å². The lowest BCUT2D eigenvalue weighted by Crippen LogP contribution is -2.30. The van der Waals surface area contributed by atoms with Crippen molar-refractivity contribution in [3.63, 3.8) is 0 Å². The van der Waals surface area contributed by atoms with E-state index in [0.717, 1.165) is 65.5 Å². The molecule has 3 aromatic carbocycles. The van der Waals surface area contributed by atoms with Crippen LogP contribution < -0.4 is 14.4 Å². The Morgan fingerprint density at radius 2 is 1.61 bits per heavy atom. The Morgan fingerprint density at radius 1 is 0.879 bits per heavy atom. The van der Waals surface area contributed by atoms with Gasteiger partial charge in [-0.2, -0.15) is 0 Å². The molecule has 1 fully saturated rings. The van der Waals surface area contributed by atoms with Gasteiger partial charge in [-0.25, -0.2) is 4.79 Å². The highest BCUT2D eigenvalue weighted by Crippen LogP contribution is 2.41. The second-order valence-electron chi connectivity index (χ2n) is 8.42. The van der Waals surface area contributed by atoms with Crippen LogP contribution in [0.25, 0.3) is 21.7 Å². The molecule has 5 rings (SSSR count). The normalized spacial score (nSPS) is 14.0. The van der Waals surface area contributed by atoms with Crippen molar-refractivity contribution in [1.29, 1.82) is 0 Å². The van der Waals surface area contributed by atoms with Crippen molar-refractivity contribution in [2.45, 2.75) is 32.2 Å². The highest BCUT2D eigenvalue weighted by atomic mass is 16.7. The number of piperidine rings is 1. The molecule has 0 radical (unpaired) electrons. The van der Waals surface area contributed by atoms with E-state index < -0.39 is 6.16 Å². The Bertz CT molecular complexity index is 1270. The van der Waals surface area contributed by atoms with E-state index in [1.54, 1.807) is 0 Å². The maximum atomic E-state index is 11.6. The second kappa shape index (κ2) is 9.45. The summed E-state index contributed by atoms with van der Waals surface area (Å²) in [7, 11) is 0. The Balaban J connectivity index is 1.40. The van der Waals surface area contributed by atoms with Crippen LogP contribution in [0, 0.1) is 0 Å². The van der Waals surface area contributed by atoms with E-state index in [-0.39, 0.29) is 0 Å². The van der Waals surface area contributed by atoms with Gasteiger partial charge in [0.15, 0.2) is 0 Å². The predicted molar refractivity (Wildman–Crippen MR) is 131 cm³/mol. The van der Waals surface area contributed by atoms with E-state index >= 15 is 0 Å². The van der Waals surface area contributed by atoms with Crippen LogP contribution in [-0.4, -0.2) is 35.5 Å². The molecular weight excluding hydrogens is 416 g/mol. The molecule has 0 spiro atoms. The second-order valence-corrected chi connectivity index (χ2v) is 8.42. The molecule has 6 nitrogen and oxygen atoms in total. The first-order chi connectivity index (χ1) is 16.2. The number of aromatic nitrogens is 1. The molecule has 170 valence electrons. The zero-order chi connectivity index (χ0) is 22.6. The first-order valence-electron chi connectivity index (χ1n) is 11.6. The maximum absolute atomic E-state index is 11.6. The first kappa shape index (κ1) is 21.2. The Kier molecular flexibility index (Phi) is 6.07. The van der Waals surface area contributed by atoms with Gasteiger partial charge in [0.1, 0.15) is 11.4 Å². The van der Waals surface area contributed by atoms with Gasteiger partial charge in [0.05, 0.1) is 12.1 Å². The van der Waals surface area contributed by atoms with Gasteiger partial charge in [-0.05, 0) is 43.2 Å². The van der Waals surface area contributed by atoms with Crippen molar-refractivity contribution in [3.05, 3.63) is 66.7 Å². The molecule has 6 heteroatoms. The maximum Gasteiger partial charge on any atom is 0.512 e. The molecule has 0 unspecified atom stereocenters. The monoisotopic (exact) mass is 444 g/mol. The van der Waals surface area contributed by atoms with Crippen molar-refractivity contribution < 1.29 is 19.4 Å². The van der Waals surface area contributed by atoms with E-state index in [1.807, 2.05) is 47.0 Å². The zero-order valence-electron chi connectivity index (χ0n) is 18.6. The summed E-state index contributed by atoms with van der Waals surface area (Å²) in [5, 5.41) is 12.8. The smallest absolute Gasteiger partial charge is 0.493 e. The van der Waals surface area contributed by atoms with E-state index in [4.69, 9.17) is 9.47 Å². The van der Waals surface area contributed by atoms with Crippen LogP contribution in [0.1, 0.15) is 25.7 Å². The SMILES string of the molecule is O=C(O)Oc1c(N2CCCCC2)c2ccccc2n1CCCOc1cccc2ccccc12. The van der Waals surface area contributed by atoms with Gasteiger partial charge < -0.3 is 24.0 Å².